The zero-order valence-electron chi connectivity index (χ0n) is 19.5. The molecule has 0 aromatic heterocycles. The van der Waals surface area contributed by atoms with E-state index in [9.17, 15) is 5.26 Å². The maximum absolute atomic E-state index is 9.76. The molecule has 4 aliphatic heterocycles. The minimum absolute atomic E-state index is 0.0893. The summed E-state index contributed by atoms with van der Waals surface area (Å²) in [6.45, 7) is 9.62. The van der Waals surface area contributed by atoms with Crippen molar-refractivity contribution >= 4 is 12.4 Å². The van der Waals surface area contributed by atoms with Gasteiger partial charge in [-0.1, -0.05) is 32.4 Å². The van der Waals surface area contributed by atoms with Crippen molar-refractivity contribution in [1.82, 2.24) is 15.2 Å². The van der Waals surface area contributed by atoms with E-state index in [1.54, 1.807) is 6.21 Å². The van der Waals surface area contributed by atoms with Gasteiger partial charge in [0.2, 0.25) is 0 Å². The van der Waals surface area contributed by atoms with E-state index in [4.69, 9.17) is 4.99 Å². The first-order chi connectivity index (χ1) is 15.6. The molecule has 0 aromatic carbocycles. The van der Waals surface area contributed by atoms with Crippen LogP contribution in [0.25, 0.3) is 0 Å². The summed E-state index contributed by atoms with van der Waals surface area (Å²) in [7, 11) is 0. The number of hydrogen-bond acceptors (Lipinski definition) is 6. The number of allylic oxidation sites excluding steroid dienone is 2. The highest BCUT2D eigenvalue weighted by molar-refractivity contribution is 5.87. The lowest BCUT2D eigenvalue weighted by Crippen LogP contribution is -2.36. The number of fused-ring (bicyclic) bond motifs is 1. The number of hydrazone groups is 1. The topological polar surface area (TPSA) is 67.0 Å². The van der Waals surface area contributed by atoms with E-state index in [-0.39, 0.29) is 17.4 Å². The Bertz CT molecular complexity index is 892. The van der Waals surface area contributed by atoms with Crippen molar-refractivity contribution in [1.29, 1.82) is 5.26 Å². The Morgan fingerprint density at radius 2 is 2.06 bits per heavy atom. The van der Waals surface area contributed by atoms with E-state index in [1.165, 1.54) is 24.8 Å². The molecule has 0 bridgehead atoms. The number of aliphatic imine (C=N–C) groups is 1. The molecule has 170 valence electrons. The van der Waals surface area contributed by atoms with Gasteiger partial charge in [-0.15, -0.1) is 0 Å². The van der Waals surface area contributed by atoms with Crippen LogP contribution in [0.5, 0.6) is 0 Å². The predicted octanol–water partition coefficient (Wildman–Crippen LogP) is 4.03. The van der Waals surface area contributed by atoms with E-state index in [2.05, 4.69) is 59.7 Å². The van der Waals surface area contributed by atoms with Crippen LogP contribution in [0.4, 0.5) is 0 Å². The summed E-state index contributed by atoms with van der Waals surface area (Å²) in [5.74, 6) is -0.259. The van der Waals surface area contributed by atoms with Gasteiger partial charge in [-0.3, -0.25) is 14.9 Å². The third-order valence-electron chi connectivity index (χ3n) is 6.86. The highest BCUT2D eigenvalue weighted by Crippen LogP contribution is 2.34. The van der Waals surface area contributed by atoms with E-state index < -0.39 is 0 Å². The van der Waals surface area contributed by atoms with Gasteiger partial charge < -0.3 is 5.32 Å². The number of nitrogens with one attached hydrogen (secondary N) is 1. The average Bonchev–Trinajstić information content (AvgIpc) is 3.20. The third kappa shape index (κ3) is 5.58. The van der Waals surface area contributed by atoms with Crippen LogP contribution in [0.2, 0.25) is 0 Å². The second-order valence-electron chi connectivity index (χ2n) is 10.0. The predicted molar refractivity (Wildman–Crippen MR) is 131 cm³/mol. The summed E-state index contributed by atoms with van der Waals surface area (Å²) >= 11 is 0. The van der Waals surface area contributed by atoms with Crippen molar-refractivity contribution in [3.8, 4) is 6.07 Å². The number of nitriles is 1. The first-order valence-electron chi connectivity index (χ1n) is 12.0. The fourth-order valence-electron chi connectivity index (χ4n) is 4.81. The highest BCUT2D eigenvalue weighted by atomic mass is 15.5. The molecular weight excluding hydrogens is 396 g/mol. The minimum Gasteiger partial charge on any atom is -0.391 e. The number of piperidine rings is 1. The second kappa shape index (κ2) is 10.3. The monoisotopic (exact) mass is 432 g/mol. The quantitative estimate of drug-likeness (QED) is 0.731. The van der Waals surface area contributed by atoms with E-state index in [1.807, 2.05) is 17.4 Å². The Morgan fingerprint density at radius 1 is 1.22 bits per heavy atom. The molecule has 0 radical (unpaired) electrons. The molecule has 0 aliphatic carbocycles. The minimum atomic E-state index is -0.259. The lowest BCUT2D eigenvalue weighted by Gasteiger charge is -2.33. The van der Waals surface area contributed by atoms with Crippen LogP contribution in [0.3, 0.4) is 0 Å². The third-order valence-corrected chi connectivity index (χ3v) is 6.86. The maximum Gasteiger partial charge on any atom is 0.110 e. The fraction of sp³-hybridized carbons (Fsp3) is 0.577. The van der Waals surface area contributed by atoms with Crippen LogP contribution in [0.15, 0.2) is 57.4 Å². The molecule has 4 heterocycles. The molecule has 4 rings (SSSR count). The lowest BCUT2D eigenvalue weighted by molar-refractivity contribution is 0.243. The fourth-order valence-corrected chi connectivity index (χ4v) is 4.81. The summed E-state index contributed by atoms with van der Waals surface area (Å²) < 4.78 is 0. The van der Waals surface area contributed by atoms with Gasteiger partial charge in [0.15, 0.2) is 0 Å². The van der Waals surface area contributed by atoms with E-state index in [0.29, 0.717) is 0 Å². The number of hydrogen-bond donors (Lipinski definition) is 1. The lowest BCUT2D eigenvalue weighted by atomic mass is 9.85. The normalized spacial score (nSPS) is 32.0. The Hall–Kier alpha value is -2.65. The SMILES string of the molecule is CC1(C)CC\N=C/C(C2=CC(CN3CCCCC3)=CN3N=CC(C#N)C23)=C\C=C\NCC1. The van der Waals surface area contributed by atoms with Gasteiger partial charge in [-0.25, -0.2) is 0 Å². The molecule has 2 unspecified atom stereocenters. The smallest absolute Gasteiger partial charge is 0.110 e. The van der Waals surface area contributed by atoms with Crippen LogP contribution >= 0.6 is 0 Å². The van der Waals surface area contributed by atoms with E-state index in [0.717, 1.165) is 56.7 Å². The molecule has 1 fully saturated rings. The van der Waals surface area contributed by atoms with Gasteiger partial charge in [-0.05, 0) is 73.2 Å². The van der Waals surface area contributed by atoms with Crippen molar-refractivity contribution in [2.75, 3.05) is 32.7 Å². The Labute approximate surface area is 192 Å². The second-order valence-corrected chi connectivity index (χ2v) is 10.0. The number of rotatable bonds is 3. The van der Waals surface area contributed by atoms with Gasteiger partial charge in [0.1, 0.15) is 5.92 Å². The molecule has 6 heteroatoms. The van der Waals surface area contributed by atoms with Crippen molar-refractivity contribution in [3.63, 3.8) is 0 Å². The van der Waals surface area contributed by atoms with Gasteiger partial charge >= 0.3 is 0 Å². The Kier molecular flexibility index (Phi) is 7.26. The van der Waals surface area contributed by atoms with Crippen molar-refractivity contribution in [2.24, 2.45) is 21.4 Å². The molecule has 1 saturated heterocycles. The standard InChI is InChI=1S/C26H36N6/c1-26(2)8-11-28-10-6-7-22(17-29-12-9-26)24-15-21(19-31-13-4-3-5-14-31)20-32-25(24)23(16-27)18-30-32/h6-7,10,15,17-18,20,23,25,28H,3-5,8-9,11-14,19H2,1-2H3/b10-6+,22-7+,29-17-. The summed E-state index contributed by atoms with van der Waals surface area (Å²) in [6, 6.07) is 2.34. The summed E-state index contributed by atoms with van der Waals surface area (Å²) in [6.07, 6.45) is 20.4. The first kappa shape index (κ1) is 22.5. The molecule has 0 spiro atoms. The van der Waals surface area contributed by atoms with Crippen molar-refractivity contribution in [3.05, 3.63) is 47.3 Å². The zero-order valence-corrected chi connectivity index (χ0v) is 19.5. The van der Waals surface area contributed by atoms with Gasteiger partial charge in [0.05, 0.1) is 12.1 Å². The van der Waals surface area contributed by atoms with Crippen LogP contribution < -0.4 is 5.32 Å². The Balaban J connectivity index is 1.63. The van der Waals surface area contributed by atoms with Crippen molar-refractivity contribution < 1.29 is 0 Å². The molecule has 0 aromatic rings. The number of nitrogens with zero attached hydrogens (tertiary/aromatic N) is 5. The molecule has 6 nitrogen and oxygen atoms in total. The number of likely N-dealkylation sites (tertiary alicyclic amines) is 1. The summed E-state index contributed by atoms with van der Waals surface area (Å²) in [4.78, 5) is 7.33. The van der Waals surface area contributed by atoms with Crippen LogP contribution in [0.1, 0.15) is 46.0 Å². The molecule has 0 amide bonds. The molecule has 4 aliphatic rings. The van der Waals surface area contributed by atoms with Gasteiger partial charge in [-0.2, -0.15) is 10.4 Å². The molecule has 32 heavy (non-hydrogen) atoms. The molecule has 2 atom stereocenters. The summed E-state index contributed by atoms with van der Waals surface area (Å²) in [5.41, 5.74) is 3.70. The molecule has 0 saturated carbocycles. The average molecular weight is 433 g/mol. The zero-order chi connectivity index (χ0) is 22.4. The van der Waals surface area contributed by atoms with Crippen molar-refractivity contribution in [2.45, 2.75) is 52.0 Å². The highest BCUT2D eigenvalue weighted by Gasteiger charge is 2.37. The van der Waals surface area contributed by atoms with Crippen LogP contribution in [-0.2, 0) is 0 Å². The largest absolute Gasteiger partial charge is 0.391 e. The molecule has 1 N–H and O–H groups in total. The maximum atomic E-state index is 9.76. The van der Waals surface area contributed by atoms with E-state index >= 15 is 0 Å². The summed E-state index contributed by atoms with van der Waals surface area (Å²) in [5, 5.41) is 19.7. The van der Waals surface area contributed by atoms with Crippen LogP contribution in [0, 0.1) is 22.7 Å². The van der Waals surface area contributed by atoms with Gasteiger partial charge in [0.25, 0.3) is 0 Å². The van der Waals surface area contributed by atoms with Crippen LogP contribution in [-0.4, -0.2) is 61.1 Å². The van der Waals surface area contributed by atoms with Gasteiger partial charge in [0, 0.05) is 38.3 Å². The molecular formula is C26H36N6. The first-order valence-corrected chi connectivity index (χ1v) is 12.0. The Morgan fingerprint density at radius 3 is 2.88 bits per heavy atom.